The van der Waals surface area contributed by atoms with E-state index in [2.05, 4.69) is 52.9 Å². The van der Waals surface area contributed by atoms with Crippen molar-refractivity contribution in [2.75, 3.05) is 18.1 Å². The summed E-state index contributed by atoms with van der Waals surface area (Å²) in [4.78, 5) is 14.8. The Hall–Kier alpha value is -1.03. The number of benzene rings is 1. The number of likely N-dealkylation sites (N-methyl/N-ethyl adjacent to an activating group) is 1. The van der Waals surface area contributed by atoms with E-state index in [0.717, 1.165) is 30.3 Å². The molecular weight excluding hydrogens is 390 g/mol. The number of carbonyl (C=O) groups is 1. The lowest BCUT2D eigenvalue weighted by Gasteiger charge is -2.36. The number of anilines is 1. The third kappa shape index (κ3) is 6.29. The molecule has 0 amide bonds. The number of hydrogen-bond acceptors (Lipinski definition) is 3. The first-order chi connectivity index (χ1) is 12.7. The fraction of sp³-hybridized carbons (Fsp3) is 0.682. The fourth-order valence-corrected chi connectivity index (χ4v) is 4.20. The molecular formula is C22H34BrNO2. The third-order valence-corrected chi connectivity index (χ3v) is 5.76. The summed E-state index contributed by atoms with van der Waals surface area (Å²) in [5, 5.41) is 0. The quantitative estimate of drug-likeness (QED) is 0.310. The SMILES string of the molecule is CCCCCCCCCCOC(=O)C1CCc2cc(Br)ccc2N1CC. The van der Waals surface area contributed by atoms with Crippen LogP contribution in [0.1, 0.15) is 77.2 Å². The number of esters is 1. The number of nitrogens with zero attached hydrogens (tertiary/aromatic N) is 1. The summed E-state index contributed by atoms with van der Waals surface area (Å²) < 4.78 is 6.71. The molecule has 0 aliphatic carbocycles. The van der Waals surface area contributed by atoms with Gasteiger partial charge in [0.2, 0.25) is 0 Å². The van der Waals surface area contributed by atoms with Gasteiger partial charge in [0.25, 0.3) is 0 Å². The molecule has 26 heavy (non-hydrogen) atoms. The van der Waals surface area contributed by atoms with Crippen LogP contribution >= 0.6 is 15.9 Å². The standard InChI is InChI=1S/C22H34BrNO2/c1-3-5-6-7-8-9-10-11-16-26-22(25)21-14-12-18-17-19(23)13-15-20(18)24(21)4-2/h13,15,17,21H,3-12,14,16H2,1-2H3. The smallest absolute Gasteiger partial charge is 0.328 e. The molecule has 0 bridgehead atoms. The highest BCUT2D eigenvalue weighted by molar-refractivity contribution is 9.10. The molecule has 1 atom stereocenters. The zero-order chi connectivity index (χ0) is 18.8. The Morgan fingerprint density at radius 1 is 1.12 bits per heavy atom. The van der Waals surface area contributed by atoms with Crippen LogP contribution in [0.3, 0.4) is 0 Å². The maximum absolute atomic E-state index is 12.6. The Kier molecular flexibility index (Phi) is 9.52. The number of carbonyl (C=O) groups excluding carboxylic acids is 1. The van der Waals surface area contributed by atoms with E-state index in [1.165, 1.54) is 56.2 Å². The van der Waals surface area contributed by atoms with Crippen molar-refractivity contribution < 1.29 is 9.53 Å². The minimum absolute atomic E-state index is 0.0524. The summed E-state index contributed by atoms with van der Waals surface area (Å²) >= 11 is 3.54. The van der Waals surface area contributed by atoms with Crippen molar-refractivity contribution in [3.63, 3.8) is 0 Å². The molecule has 0 spiro atoms. The van der Waals surface area contributed by atoms with Gasteiger partial charge in [0.15, 0.2) is 0 Å². The topological polar surface area (TPSA) is 29.5 Å². The number of unbranched alkanes of at least 4 members (excludes halogenated alkanes) is 7. The minimum Gasteiger partial charge on any atom is -0.464 e. The molecule has 1 heterocycles. The summed E-state index contributed by atoms with van der Waals surface area (Å²) in [5.74, 6) is -0.0524. The Balaban J connectivity index is 1.71. The van der Waals surface area contributed by atoms with Gasteiger partial charge in [-0.2, -0.15) is 0 Å². The number of hydrogen-bond donors (Lipinski definition) is 0. The summed E-state index contributed by atoms with van der Waals surface area (Å²) in [5.41, 5.74) is 2.49. The predicted octanol–water partition coefficient (Wildman–Crippen LogP) is 6.27. The second-order valence-electron chi connectivity index (χ2n) is 7.26. The highest BCUT2D eigenvalue weighted by Crippen LogP contribution is 2.33. The second-order valence-corrected chi connectivity index (χ2v) is 8.17. The molecule has 4 heteroatoms. The summed E-state index contributed by atoms with van der Waals surface area (Å²) in [6.07, 6.45) is 11.9. The van der Waals surface area contributed by atoms with E-state index in [-0.39, 0.29) is 12.0 Å². The van der Waals surface area contributed by atoms with Crippen LogP contribution in [0.15, 0.2) is 22.7 Å². The lowest BCUT2D eigenvalue weighted by molar-refractivity contribution is -0.145. The first-order valence-electron chi connectivity index (χ1n) is 10.4. The number of fused-ring (bicyclic) bond motifs is 1. The zero-order valence-corrected chi connectivity index (χ0v) is 18.0. The van der Waals surface area contributed by atoms with E-state index < -0.39 is 0 Å². The molecule has 1 aliphatic heterocycles. The van der Waals surface area contributed by atoms with Crippen molar-refractivity contribution in [3.8, 4) is 0 Å². The van der Waals surface area contributed by atoms with Crippen molar-refractivity contribution in [1.29, 1.82) is 0 Å². The molecule has 1 aromatic carbocycles. The summed E-state index contributed by atoms with van der Waals surface area (Å²) in [7, 11) is 0. The van der Waals surface area contributed by atoms with Gasteiger partial charge < -0.3 is 9.64 Å². The van der Waals surface area contributed by atoms with Gasteiger partial charge in [-0.05, 0) is 49.9 Å². The molecule has 3 nitrogen and oxygen atoms in total. The molecule has 0 saturated heterocycles. The van der Waals surface area contributed by atoms with E-state index in [9.17, 15) is 4.79 Å². The van der Waals surface area contributed by atoms with Crippen molar-refractivity contribution in [2.45, 2.75) is 84.1 Å². The Bertz CT molecular complexity index is 561. The molecule has 0 saturated carbocycles. The Labute approximate surface area is 167 Å². The number of ether oxygens (including phenoxy) is 1. The average molecular weight is 424 g/mol. The first-order valence-corrected chi connectivity index (χ1v) is 11.2. The van der Waals surface area contributed by atoms with E-state index in [1.54, 1.807) is 0 Å². The Morgan fingerprint density at radius 2 is 1.81 bits per heavy atom. The highest BCUT2D eigenvalue weighted by atomic mass is 79.9. The van der Waals surface area contributed by atoms with Gasteiger partial charge in [0.05, 0.1) is 6.61 Å². The molecule has 0 N–H and O–H groups in total. The van der Waals surface area contributed by atoms with Crippen molar-refractivity contribution in [1.82, 2.24) is 0 Å². The van der Waals surface area contributed by atoms with Crippen molar-refractivity contribution >= 4 is 27.6 Å². The van der Waals surface area contributed by atoms with E-state index in [0.29, 0.717) is 6.61 Å². The number of aryl methyl sites for hydroxylation is 1. The van der Waals surface area contributed by atoms with Crippen LogP contribution in [-0.2, 0) is 16.0 Å². The number of halogens is 1. The van der Waals surface area contributed by atoms with Crippen LogP contribution in [0.4, 0.5) is 5.69 Å². The lowest BCUT2D eigenvalue weighted by atomic mass is 9.96. The monoisotopic (exact) mass is 423 g/mol. The molecule has 0 radical (unpaired) electrons. The molecule has 1 unspecified atom stereocenters. The molecule has 2 rings (SSSR count). The molecule has 0 aromatic heterocycles. The molecule has 0 fully saturated rings. The van der Waals surface area contributed by atoms with E-state index in [4.69, 9.17) is 4.74 Å². The third-order valence-electron chi connectivity index (χ3n) is 5.27. The maximum atomic E-state index is 12.6. The van der Waals surface area contributed by atoms with Crippen LogP contribution in [0, 0.1) is 0 Å². The van der Waals surface area contributed by atoms with Gasteiger partial charge in [-0.1, -0.05) is 67.8 Å². The van der Waals surface area contributed by atoms with E-state index >= 15 is 0 Å². The van der Waals surface area contributed by atoms with E-state index in [1.807, 2.05) is 0 Å². The van der Waals surface area contributed by atoms with Gasteiger partial charge in [-0.15, -0.1) is 0 Å². The second kappa shape index (κ2) is 11.6. The number of rotatable bonds is 11. The fourth-order valence-electron chi connectivity index (χ4n) is 3.79. The summed E-state index contributed by atoms with van der Waals surface area (Å²) in [6, 6.07) is 6.19. The van der Waals surface area contributed by atoms with Crippen LogP contribution in [0.25, 0.3) is 0 Å². The summed E-state index contributed by atoms with van der Waals surface area (Å²) in [6.45, 7) is 5.75. The van der Waals surface area contributed by atoms with Crippen molar-refractivity contribution in [3.05, 3.63) is 28.2 Å². The molecule has 146 valence electrons. The van der Waals surface area contributed by atoms with Crippen LogP contribution in [0.2, 0.25) is 0 Å². The van der Waals surface area contributed by atoms with Gasteiger partial charge in [-0.25, -0.2) is 4.79 Å². The molecule has 1 aliphatic rings. The van der Waals surface area contributed by atoms with Crippen LogP contribution in [-0.4, -0.2) is 25.2 Å². The van der Waals surface area contributed by atoms with Crippen LogP contribution < -0.4 is 4.90 Å². The molecule has 1 aromatic rings. The first kappa shape index (κ1) is 21.3. The van der Waals surface area contributed by atoms with Gasteiger partial charge in [-0.3, -0.25) is 0 Å². The predicted molar refractivity (Wildman–Crippen MR) is 113 cm³/mol. The lowest BCUT2D eigenvalue weighted by Crippen LogP contribution is -2.45. The van der Waals surface area contributed by atoms with Gasteiger partial charge in [0, 0.05) is 16.7 Å². The normalized spacial score (nSPS) is 16.4. The van der Waals surface area contributed by atoms with Gasteiger partial charge >= 0.3 is 5.97 Å². The maximum Gasteiger partial charge on any atom is 0.328 e. The Morgan fingerprint density at radius 3 is 2.50 bits per heavy atom. The van der Waals surface area contributed by atoms with Crippen LogP contribution in [0.5, 0.6) is 0 Å². The minimum atomic E-state index is -0.136. The zero-order valence-electron chi connectivity index (χ0n) is 16.4. The largest absolute Gasteiger partial charge is 0.464 e. The van der Waals surface area contributed by atoms with Gasteiger partial charge in [0.1, 0.15) is 6.04 Å². The highest BCUT2D eigenvalue weighted by Gasteiger charge is 2.31. The average Bonchev–Trinajstić information content (AvgIpc) is 2.65. The van der Waals surface area contributed by atoms with Crippen molar-refractivity contribution in [2.24, 2.45) is 0 Å².